The monoisotopic (exact) mass is 418 g/mol. The van der Waals surface area contributed by atoms with Crippen LogP contribution in [-0.2, 0) is 0 Å². The molecule has 3 aromatic carbocycles. The molecule has 1 heterocycles. The SMILES string of the molecule is CN(C)CCCNc1nc(/C=C/c2ccc(F)c(F)c2)nc2cc3ccccc3cc12. The van der Waals surface area contributed by atoms with Crippen LogP contribution in [0.25, 0.3) is 33.8 Å². The van der Waals surface area contributed by atoms with Gasteiger partial charge in [-0.05, 0) is 73.7 Å². The first-order valence-corrected chi connectivity index (χ1v) is 10.2. The fourth-order valence-electron chi connectivity index (χ4n) is 3.43. The summed E-state index contributed by atoms with van der Waals surface area (Å²) in [6, 6.07) is 16.1. The molecule has 1 N–H and O–H groups in total. The molecule has 4 nitrogen and oxygen atoms in total. The molecule has 31 heavy (non-hydrogen) atoms. The Balaban J connectivity index is 1.71. The minimum Gasteiger partial charge on any atom is -0.369 e. The molecule has 0 saturated heterocycles. The Morgan fingerprint density at radius 2 is 1.68 bits per heavy atom. The lowest BCUT2D eigenvalue weighted by atomic mass is 10.1. The number of fused-ring (bicyclic) bond motifs is 2. The molecule has 0 spiro atoms. The predicted octanol–water partition coefficient (Wildman–Crippen LogP) is 5.60. The summed E-state index contributed by atoms with van der Waals surface area (Å²) in [6.07, 6.45) is 4.37. The largest absolute Gasteiger partial charge is 0.369 e. The summed E-state index contributed by atoms with van der Waals surface area (Å²) in [5.74, 6) is -0.478. The number of hydrogen-bond acceptors (Lipinski definition) is 4. The Bertz CT molecular complexity index is 1250. The van der Waals surface area contributed by atoms with Gasteiger partial charge in [-0.3, -0.25) is 0 Å². The average molecular weight is 418 g/mol. The Kier molecular flexibility index (Phi) is 6.18. The van der Waals surface area contributed by atoms with Crippen molar-refractivity contribution < 1.29 is 8.78 Å². The average Bonchev–Trinajstić information content (AvgIpc) is 2.76. The third-order valence-electron chi connectivity index (χ3n) is 5.02. The smallest absolute Gasteiger partial charge is 0.159 e. The predicted molar refractivity (Wildman–Crippen MR) is 124 cm³/mol. The summed E-state index contributed by atoms with van der Waals surface area (Å²) in [6.45, 7) is 1.76. The normalized spacial score (nSPS) is 11.8. The molecule has 0 saturated carbocycles. The molecule has 0 unspecified atom stereocenters. The highest BCUT2D eigenvalue weighted by Gasteiger charge is 2.09. The molecular weight excluding hydrogens is 394 g/mol. The maximum Gasteiger partial charge on any atom is 0.159 e. The topological polar surface area (TPSA) is 41.0 Å². The number of halogens is 2. The van der Waals surface area contributed by atoms with Crippen LogP contribution in [-0.4, -0.2) is 42.1 Å². The maximum atomic E-state index is 13.5. The molecular formula is C25H24F2N4. The van der Waals surface area contributed by atoms with E-state index in [4.69, 9.17) is 0 Å². The number of anilines is 1. The second-order valence-corrected chi connectivity index (χ2v) is 7.74. The Labute approximate surface area is 180 Å². The second kappa shape index (κ2) is 9.18. The van der Waals surface area contributed by atoms with Crippen molar-refractivity contribution in [3.8, 4) is 0 Å². The molecule has 0 bridgehead atoms. The van der Waals surface area contributed by atoms with Crippen molar-refractivity contribution in [1.29, 1.82) is 0 Å². The van der Waals surface area contributed by atoms with Gasteiger partial charge in [-0.2, -0.15) is 0 Å². The van der Waals surface area contributed by atoms with Crippen molar-refractivity contribution in [2.45, 2.75) is 6.42 Å². The lowest BCUT2D eigenvalue weighted by Gasteiger charge is -2.13. The van der Waals surface area contributed by atoms with Gasteiger partial charge in [-0.25, -0.2) is 18.7 Å². The van der Waals surface area contributed by atoms with Crippen LogP contribution in [0.15, 0.2) is 54.6 Å². The fourth-order valence-corrected chi connectivity index (χ4v) is 3.43. The van der Waals surface area contributed by atoms with E-state index in [9.17, 15) is 8.78 Å². The van der Waals surface area contributed by atoms with Crippen LogP contribution < -0.4 is 5.32 Å². The van der Waals surface area contributed by atoms with Crippen LogP contribution in [0.3, 0.4) is 0 Å². The highest BCUT2D eigenvalue weighted by molar-refractivity contribution is 6.01. The first-order valence-electron chi connectivity index (χ1n) is 10.2. The zero-order valence-electron chi connectivity index (χ0n) is 17.6. The Hall–Kier alpha value is -3.38. The van der Waals surface area contributed by atoms with Crippen molar-refractivity contribution in [2.75, 3.05) is 32.5 Å². The van der Waals surface area contributed by atoms with Crippen LogP contribution in [0.5, 0.6) is 0 Å². The number of nitrogens with one attached hydrogen (secondary N) is 1. The Morgan fingerprint density at radius 1 is 0.903 bits per heavy atom. The van der Waals surface area contributed by atoms with Crippen molar-refractivity contribution in [2.24, 2.45) is 0 Å². The lowest BCUT2D eigenvalue weighted by Crippen LogP contribution is -2.17. The first-order chi connectivity index (χ1) is 15.0. The van der Waals surface area contributed by atoms with Gasteiger partial charge in [0, 0.05) is 11.9 Å². The molecule has 0 radical (unpaired) electrons. The third-order valence-corrected chi connectivity index (χ3v) is 5.02. The van der Waals surface area contributed by atoms with Gasteiger partial charge in [0.05, 0.1) is 5.52 Å². The molecule has 1 aromatic heterocycles. The van der Waals surface area contributed by atoms with E-state index in [-0.39, 0.29) is 0 Å². The molecule has 4 aromatic rings. The zero-order valence-corrected chi connectivity index (χ0v) is 17.6. The van der Waals surface area contributed by atoms with E-state index in [0.29, 0.717) is 11.4 Å². The van der Waals surface area contributed by atoms with Gasteiger partial charge in [0.25, 0.3) is 0 Å². The second-order valence-electron chi connectivity index (χ2n) is 7.74. The number of hydrogen-bond donors (Lipinski definition) is 1. The fraction of sp³-hybridized carbons (Fsp3) is 0.200. The van der Waals surface area contributed by atoms with E-state index in [1.54, 1.807) is 12.2 Å². The van der Waals surface area contributed by atoms with Crippen molar-refractivity contribution in [3.63, 3.8) is 0 Å². The highest BCUT2D eigenvalue weighted by Crippen LogP contribution is 2.27. The van der Waals surface area contributed by atoms with E-state index in [2.05, 4.69) is 38.4 Å². The van der Waals surface area contributed by atoms with Gasteiger partial charge < -0.3 is 10.2 Å². The van der Waals surface area contributed by atoms with Crippen LogP contribution in [0.4, 0.5) is 14.6 Å². The van der Waals surface area contributed by atoms with Gasteiger partial charge in [0.2, 0.25) is 0 Å². The van der Waals surface area contributed by atoms with E-state index < -0.39 is 11.6 Å². The van der Waals surface area contributed by atoms with Gasteiger partial charge in [0.15, 0.2) is 17.5 Å². The van der Waals surface area contributed by atoms with Crippen molar-refractivity contribution >= 4 is 39.6 Å². The summed E-state index contributed by atoms with van der Waals surface area (Å²) >= 11 is 0. The van der Waals surface area contributed by atoms with Gasteiger partial charge in [0.1, 0.15) is 5.82 Å². The van der Waals surface area contributed by atoms with Crippen LogP contribution in [0, 0.1) is 11.6 Å². The molecule has 0 aliphatic heterocycles. The molecule has 0 atom stereocenters. The van der Waals surface area contributed by atoms with E-state index in [1.807, 2.05) is 32.3 Å². The number of aromatic nitrogens is 2. The maximum absolute atomic E-state index is 13.5. The molecule has 6 heteroatoms. The third kappa shape index (κ3) is 5.03. The van der Waals surface area contributed by atoms with Crippen molar-refractivity contribution in [1.82, 2.24) is 14.9 Å². The van der Waals surface area contributed by atoms with Gasteiger partial charge in [-0.1, -0.05) is 36.4 Å². The number of nitrogens with zero attached hydrogens (tertiary/aromatic N) is 3. The van der Waals surface area contributed by atoms with E-state index in [0.717, 1.165) is 59.1 Å². The minimum atomic E-state index is -0.878. The van der Waals surface area contributed by atoms with Crippen LogP contribution >= 0.6 is 0 Å². The molecule has 4 rings (SSSR count). The summed E-state index contributed by atoms with van der Waals surface area (Å²) in [5.41, 5.74) is 1.37. The van der Waals surface area contributed by atoms with Crippen LogP contribution in [0.1, 0.15) is 17.8 Å². The molecule has 0 aliphatic carbocycles. The number of benzene rings is 3. The quantitative estimate of drug-likeness (QED) is 0.314. The summed E-state index contributed by atoms with van der Waals surface area (Å²) < 4.78 is 26.7. The standard InChI is InChI=1S/C25H24F2N4/c1-31(2)13-5-12-28-25-20-15-18-6-3-4-7-19(18)16-23(20)29-24(30-25)11-9-17-8-10-21(26)22(27)14-17/h3-4,6-11,14-16H,5,12-13H2,1-2H3,(H,28,29,30)/b11-9+. The first kappa shape index (κ1) is 20.9. The summed E-state index contributed by atoms with van der Waals surface area (Å²) in [4.78, 5) is 11.5. The van der Waals surface area contributed by atoms with E-state index in [1.165, 1.54) is 6.07 Å². The van der Waals surface area contributed by atoms with Gasteiger partial charge >= 0.3 is 0 Å². The minimum absolute atomic E-state index is 0.502. The molecule has 0 aliphatic rings. The van der Waals surface area contributed by atoms with E-state index >= 15 is 0 Å². The van der Waals surface area contributed by atoms with Crippen molar-refractivity contribution in [3.05, 3.63) is 77.6 Å². The number of rotatable bonds is 7. The molecule has 0 fully saturated rings. The highest BCUT2D eigenvalue weighted by atomic mass is 19.2. The summed E-state index contributed by atoms with van der Waals surface area (Å²) in [5, 5.41) is 6.62. The van der Waals surface area contributed by atoms with Crippen LogP contribution in [0.2, 0.25) is 0 Å². The lowest BCUT2D eigenvalue weighted by molar-refractivity contribution is 0.405. The summed E-state index contributed by atoms with van der Waals surface area (Å²) in [7, 11) is 4.10. The molecule has 0 amide bonds. The zero-order chi connectivity index (χ0) is 21.8. The molecule has 158 valence electrons. The Morgan fingerprint density at radius 3 is 2.42 bits per heavy atom. The van der Waals surface area contributed by atoms with Gasteiger partial charge in [-0.15, -0.1) is 0 Å².